The summed E-state index contributed by atoms with van der Waals surface area (Å²) in [5.74, 6) is 0.356. The highest BCUT2D eigenvalue weighted by Gasteiger charge is 2.35. The van der Waals surface area contributed by atoms with Crippen molar-refractivity contribution < 1.29 is 13.7 Å². The van der Waals surface area contributed by atoms with Crippen molar-refractivity contribution in [3.8, 4) is 11.4 Å². The Kier molecular flexibility index (Phi) is 6.14. The fraction of sp³-hybridized carbons (Fsp3) is 0.179. The summed E-state index contributed by atoms with van der Waals surface area (Å²) in [6.07, 6.45) is 0.683. The summed E-state index contributed by atoms with van der Waals surface area (Å²) in [6.45, 7) is 4.35. The van der Waals surface area contributed by atoms with Crippen molar-refractivity contribution >= 4 is 11.6 Å². The summed E-state index contributed by atoms with van der Waals surface area (Å²) in [7, 11) is 0. The van der Waals surface area contributed by atoms with Crippen LogP contribution in [0.1, 0.15) is 35.5 Å². The first kappa shape index (κ1) is 22.5. The molecular weight excluding hydrogens is 443 g/mol. The van der Waals surface area contributed by atoms with Gasteiger partial charge in [-0.1, -0.05) is 77.5 Å². The molecule has 176 valence electrons. The van der Waals surface area contributed by atoms with Gasteiger partial charge in [0.2, 0.25) is 5.82 Å². The minimum Gasteiger partial charge on any atom is -0.334 e. The molecule has 1 aliphatic rings. The molecule has 0 bridgehead atoms. The van der Waals surface area contributed by atoms with Crippen LogP contribution in [0, 0.1) is 12.7 Å². The largest absolute Gasteiger partial charge is 0.334 e. The van der Waals surface area contributed by atoms with Crippen LogP contribution in [0.5, 0.6) is 0 Å². The summed E-state index contributed by atoms with van der Waals surface area (Å²) in [6, 6.07) is 23.1. The Bertz CT molecular complexity index is 1380. The Morgan fingerprint density at radius 1 is 1.00 bits per heavy atom. The molecule has 5 rings (SSSR count). The molecule has 1 N–H and O–H groups in total. The van der Waals surface area contributed by atoms with Gasteiger partial charge < -0.3 is 9.84 Å². The maximum Gasteiger partial charge on any atom is 0.322 e. The van der Waals surface area contributed by atoms with E-state index < -0.39 is 6.04 Å². The minimum atomic E-state index is -0.627. The second kappa shape index (κ2) is 9.54. The number of aromatic nitrogens is 2. The average molecular weight is 469 g/mol. The number of hydrogen-bond acceptors (Lipinski definition) is 4. The van der Waals surface area contributed by atoms with Crippen molar-refractivity contribution in [1.82, 2.24) is 20.4 Å². The number of allylic oxidation sites excluding steroid dienone is 1. The molecule has 0 saturated heterocycles. The number of hydrogen-bond donors (Lipinski definition) is 1. The fourth-order valence-corrected chi connectivity index (χ4v) is 4.30. The van der Waals surface area contributed by atoms with Crippen LogP contribution >= 0.6 is 0 Å². The van der Waals surface area contributed by atoms with E-state index >= 15 is 0 Å². The zero-order valence-corrected chi connectivity index (χ0v) is 19.5. The molecule has 2 amide bonds. The monoisotopic (exact) mass is 468 g/mol. The summed E-state index contributed by atoms with van der Waals surface area (Å²) in [4.78, 5) is 19.5. The third kappa shape index (κ3) is 4.71. The molecule has 0 fully saturated rings. The quantitative estimate of drug-likeness (QED) is 0.381. The number of benzene rings is 3. The summed E-state index contributed by atoms with van der Waals surface area (Å²) < 4.78 is 19.8. The van der Waals surface area contributed by atoms with Gasteiger partial charge >= 0.3 is 6.03 Å². The number of nitrogens with one attached hydrogen (secondary N) is 1. The third-order valence-corrected chi connectivity index (χ3v) is 6.21. The second-order valence-electron chi connectivity index (χ2n) is 8.61. The van der Waals surface area contributed by atoms with Crippen LogP contribution in [0.3, 0.4) is 0 Å². The standard InChI is InChI=1S/C28H25FN4O2/c1-18-11-13-21(14-12-18)26-31-27(35-32-26)24-19(2)33(16-15-20-7-4-3-5-8-20)28(34)30-25(24)22-9-6-10-23(29)17-22/h3-14,17,25H,15-16H2,1-2H3,(H,30,34). The van der Waals surface area contributed by atoms with Crippen LogP contribution in [0.2, 0.25) is 0 Å². The lowest BCUT2D eigenvalue weighted by atomic mass is 9.94. The maximum atomic E-state index is 14.1. The number of carbonyl (C=O) groups is 1. The molecule has 0 spiro atoms. The minimum absolute atomic E-state index is 0.255. The molecule has 4 aromatic rings. The zero-order valence-electron chi connectivity index (χ0n) is 19.5. The molecule has 2 heterocycles. The van der Waals surface area contributed by atoms with Gasteiger partial charge in [-0.2, -0.15) is 4.98 Å². The highest BCUT2D eigenvalue weighted by Crippen LogP contribution is 2.37. The molecule has 1 unspecified atom stereocenters. The van der Waals surface area contributed by atoms with E-state index in [0.29, 0.717) is 35.6 Å². The number of nitrogens with zero attached hydrogens (tertiary/aromatic N) is 3. The lowest BCUT2D eigenvalue weighted by Crippen LogP contribution is -2.46. The smallest absolute Gasteiger partial charge is 0.322 e. The predicted octanol–water partition coefficient (Wildman–Crippen LogP) is 5.92. The molecule has 0 saturated carbocycles. The van der Waals surface area contributed by atoms with Crippen LogP contribution in [-0.4, -0.2) is 27.6 Å². The summed E-state index contributed by atoms with van der Waals surface area (Å²) in [5.41, 5.74) is 5.03. The topological polar surface area (TPSA) is 71.3 Å². The average Bonchev–Trinajstić information content (AvgIpc) is 3.34. The molecule has 7 heteroatoms. The van der Waals surface area contributed by atoms with E-state index in [1.807, 2.05) is 68.4 Å². The number of rotatable bonds is 6. The Morgan fingerprint density at radius 2 is 1.77 bits per heavy atom. The number of halogens is 1. The summed E-state index contributed by atoms with van der Waals surface area (Å²) in [5, 5.41) is 7.20. The van der Waals surface area contributed by atoms with E-state index in [-0.39, 0.29) is 17.7 Å². The predicted molar refractivity (Wildman–Crippen MR) is 132 cm³/mol. The first-order valence-corrected chi connectivity index (χ1v) is 11.5. The van der Waals surface area contributed by atoms with E-state index in [9.17, 15) is 9.18 Å². The van der Waals surface area contributed by atoms with Gasteiger partial charge in [-0.15, -0.1) is 0 Å². The number of urea groups is 1. The van der Waals surface area contributed by atoms with Crippen molar-refractivity contribution in [2.45, 2.75) is 26.3 Å². The first-order valence-electron chi connectivity index (χ1n) is 11.5. The number of aryl methyl sites for hydroxylation is 1. The Balaban J connectivity index is 1.55. The van der Waals surface area contributed by atoms with Crippen molar-refractivity contribution in [3.63, 3.8) is 0 Å². The lowest BCUT2D eigenvalue weighted by Gasteiger charge is -2.35. The Labute approximate surface area is 203 Å². The molecule has 1 atom stereocenters. The molecular formula is C28H25FN4O2. The van der Waals surface area contributed by atoms with Gasteiger partial charge in [0.25, 0.3) is 5.89 Å². The van der Waals surface area contributed by atoms with E-state index in [2.05, 4.69) is 15.5 Å². The van der Waals surface area contributed by atoms with E-state index in [1.165, 1.54) is 12.1 Å². The number of carbonyl (C=O) groups excluding carboxylic acids is 1. The van der Waals surface area contributed by atoms with Gasteiger partial charge in [0.1, 0.15) is 5.82 Å². The third-order valence-electron chi connectivity index (χ3n) is 6.21. The lowest BCUT2D eigenvalue weighted by molar-refractivity contribution is 0.205. The molecule has 0 radical (unpaired) electrons. The molecule has 1 aromatic heterocycles. The molecule has 1 aliphatic heterocycles. The highest BCUT2D eigenvalue weighted by molar-refractivity contribution is 5.86. The molecule has 35 heavy (non-hydrogen) atoms. The molecule has 6 nitrogen and oxygen atoms in total. The van der Waals surface area contributed by atoms with Crippen LogP contribution < -0.4 is 5.32 Å². The van der Waals surface area contributed by atoms with Crippen LogP contribution in [0.15, 0.2) is 89.1 Å². The van der Waals surface area contributed by atoms with E-state index in [1.54, 1.807) is 17.0 Å². The normalized spacial score (nSPS) is 15.9. The van der Waals surface area contributed by atoms with Gasteiger partial charge in [-0.25, -0.2) is 9.18 Å². The van der Waals surface area contributed by atoms with Gasteiger partial charge in [0.05, 0.1) is 11.6 Å². The summed E-state index contributed by atoms with van der Waals surface area (Å²) >= 11 is 0. The number of amides is 2. The van der Waals surface area contributed by atoms with Crippen molar-refractivity contribution in [1.29, 1.82) is 0 Å². The van der Waals surface area contributed by atoms with E-state index in [4.69, 9.17) is 4.52 Å². The van der Waals surface area contributed by atoms with E-state index in [0.717, 1.165) is 16.7 Å². The van der Waals surface area contributed by atoms with Crippen molar-refractivity contribution in [2.75, 3.05) is 6.54 Å². The highest BCUT2D eigenvalue weighted by atomic mass is 19.1. The van der Waals surface area contributed by atoms with Crippen LogP contribution in [0.25, 0.3) is 17.0 Å². The van der Waals surface area contributed by atoms with Gasteiger partial charge in [-0.3, -0.25) is 4.90 Å². The molecule has 0 aliphatic carbocycles. The van der Waals surface area contributed by atoms with Gasteiger partial charge in [0.15, 0.2) is 0 Å². The Morgan fingerprint density at radius 3 is 2.51 bits per heavy atom. The second-order valence-corrected chi connectivity index (χ2v) is 8.61. The fourth-order valence-electron chi connectivity index (χ4n) is 4.30. The first-order chi connectivity index (χ1) is 17.0. The van der Waals surface area contributed by atoms with Crippen LogP contribution in [0.4, 0.5) is 9.18 Å². The molecule has 3 aromatic carbocycles. The maximum absolute atomic E-state index is 14.1. The van der Waals surface area contributed by atoms with Crippen molar-refractivity contribution in [3.05, 3.63) is 113 Å². The Hall–Kier alpha value is -4.26. The van der Waals surface area contributed by atoms with Gasteiger partial charge in [0, 0.05) is 17.8 Å². The van der Waals surface area contributed by atoms with Gasteiger partial charge in [-0.05, 0) is 43.5 Å². The van der Waals surface area contributed by atoms with Crippen LogP contribution in [-0.2, 0) is 6.42 Å². The van der Waals surface area contributed by atoms with Crippen molar-refractivity contribution in [2.24, 2.45) is 0 Å². The zero-order chi connectivity index (χ0) is 24.4. The SMILES string of the molecule is CC1=C(c2nc(-c3ccc(C)cc3)no2)C(c2cccc(F)c2)NC(=O)N1CCc1ccccc1.